The van der Waals surface area contributed by atoms with Gasteiger partial charge in [-0.3, -0.25) is 0 Å². The molecule has 0 amide bonds. The fraction of sp³-hybridized carbons (Fsp3) is 0.0833. The van der Waals surface area contributed by atoms with E-state index in [0.29, 0.717) is 11.4 Å². The van der Waals surface area contributed by atoms with Crippen molar-refractivity contribution in [1.82, 2.24) is 4.98 Å². The molecule has 3 nitrogen and oxygen atoms in total. The van der Waals surface area contributed by atoms with Gasteiger partial charge in [-0.2, -0.15) is 13.2 Å². The van der Waals surface area contributed by atoms with Crippen LogP contribution in [0, 0.1) is 0 Å². The molecule has 0 fully saturated rings. The normalized spacial score (nSPS) is 11.4. The van der Waals surface area contributed by atoms with E-state index in [2.05, 4.69) is 10.3 Å². The van der Waals surface area contributed by atoms with Crippen molar-refractivity contribution in [2.75, 3.05) is 11.1 Å². The number of halogens is 4. The van der Waals surface area contributed by atoms with Crippen molar-refractivity contribution in [3.8, 4) is 0 Å². The lowest BCUT2D eigenvalue weighted by Gasteiger charge is -2.12. The molecular weight excluding hydrogens is 279 g/mol. The second-order valence-corrected chi connectivity index (χ2v) is 4.16. The summed E-state index contributed by atoms with van der Waals surface area (Å²) in [5, 5.41) is 2.79. The highest BCUT2D eigenvalue weighted by atomic mass is 35.5. The number of hydrogen-bond acceptors (Lipinski definition) is 3. The van der Waals surface area contributed by atoms with E-state index in [0.717, 1.165) is 12.1 Å². The Morgan fingerprint density at radius 2 is 1.89 bits per heavy atom. The van der Waals surface area contributed by atoms with Crippen LogP contribution < -0.4 is 11.1 Å². The topological polar surface area (TPSA) is 50.9 Å². The molecule has 7 heteroatoms. The fourth-order valence-corrected chi connectivity index (χ4v) is 1.69. The van der Waals surface area contributed by atoms with Crippen molar-refractivity contribution in [1.29, 1.82) is 0 Å². The molecule has 1 aromatic heterocycles. The Balaban J connectivity index is 2.30. The number of anilines is 3. The quantitative estimate of drug-likeness (QED) is 0.875. The van der Waals surface area contributed by atoms with Crippen LogP contribution in [0.4, 0.5) is 30.4 Å². The van der Waals surface area contributed by atoms with Crippen LogP contribution >= 0.6 is 11.6 Å². The van der Waals surface area contributed by atoms with Crippen molar-refractivity contribution < 1.29 is 13.2 Å². The van der Waals surface area contributed by atoms with Crippen molar-refractivity contribution >= 4 is 28.8 Å². The van der Waals surface area contributed by atoms with Gasteiger partial charge in [-0.1, -0.05) is 11.6 Å². The summed E-state index contributed by atoms with van der Waals surface area (Å²) < 4.78 is 37.4. The summed E-state index contributed by atoms with van der Waals surface area (Å²) >= 11 is 5.81. The molecule has 2 rings (SSSR count). The average molecular weight is 288 g/mol. The lowest BCUT2D eigenvalue weighted by Crippen LogP contribution is -2.05. The molecule has 0 aliphatic heterocycles. The largest absolute Gasteiger partial charge is 0.416 e. The number of nitrogens with one attached hydrogen (secondary N) is 1. The Morgan fingerprint density at radius 1 is 1.16 bits per heavy atom. The molecule has 0 spiro atoms. The Kier molecular flexibility index (Phi) is 3.53. The minimum Gasteiger partial charge on any atom is -0.382 e. The van der Waals surface area contributed by atoms with E-state index < -0.39 is 11.7 Å². The average Bonchev–Trinajstić information content (AvgIpc) is 2.33. The molecule has 0 aliphatic rings. The molecule has 100 valence electrons. The van der Waals surface area contributed by atoms with Crippen LogP contribution in [0.15, 0.2) is 36.5 Å². The Bertz CT molecular complexity index is 599. The second-order valence-electron chi connectivity index (χ2n) is 3.75. The Morgan fingerprint density at radius 3 is 2.47 bits per heavy atom. The van der Waals surface area contributed by atoms with E-state index in [1.54, 1.807) is 12.1 Å². The van der Waals surface area contributed by atoms with Gasteiger partial charge in [-0.25, -0.2) is 4.98 Å². The minimum atomic E-state index is -4.42. The van der Waals surface area contributed by atoms with Gasteiger partial charge in [0.15, 0.2) is 0 Å². The molecule has 2 aromatic rings. The number of nitrogens with zero attached hydrogens (tertiary/aromatic N) is 1. The molecular formula is C12H9ClF3N3. The van der Waals surface area contributed by atoms with Crippen molar-refractivity contribution in [2.24, 2.45) is 0 Å². The SMILES string of the molecule is Nc1ncccc1Nc1ccc(C(F)(F)F)cc1Cl. The maximum absolute atomic E-state index is 12.5. The van der Waals surface area contributed by atoms with Gasteiger partial charge in [0, 0.05) is 6.20 Å². The highest BCUT2D eigenvalue weighted by Gasteiger charge is 2.30. The smallest absolute Gasteiger partial charge is 0.382 e. The van der Waals surface area contributed by atoms with Crippen LogP contribution in [0.25, 0.3) is 0 Å². The first-order chi connectivity index (χ1) is 8.88. The molecule has 0 radical (unpaired) electrons. The number of aromatic nitrogens is 1. The Labute approximate surface area is 112 Å². The van der Waals surface area contributed by atoms with Crippen molar-refractivity contribution in [3.05, 3.63) is 47.1 Å². The van der Waals surface area contributed by atoms with Gasteiger partial charge in [0.05, 0.1) is 22.0 Å². The number of hydrogen-bond donors (Lipinski definition) is 2. The molecule has 1 heterocycles. The zero-order chi connectivity index (χ0) is 14.0. The number of rotatable bonds is 2. The third-order valence-electron chi connectivity index (χ3n) is 2.40. The number of alkyl halides is 3. The van der Waals surface area contributed by atoms with E-state index in [4.69, 9.17) is 17.3 Å². The summed E-state index contributed by atoms with van der Waals surface area (Å²) in [6.45, 7) is 0. The van der Waals surface area contributed by atoms with Gasteiger partial charge in [0.25, 0.3) is 0 Å². The fourth-order valence-electron chi connectivity index (χ4n) is 1.46. The van der Waals surface area contributed by atoms with Crippen LogP contribution in [0.3, 0.4) is 0 Å². The maximum Gasteiger partial charge on any atom is 0.416 e. The van der Waals surface area contributed by atoms with Gasteiger partial charge >= 0.3 is 6.18 Å². The molecule has 0 bridgehead atoms. The van der Waals surface area contributed by atoms with E-state index >= 15 is 0 Å². The lowest BCUT2D eigenvalue weighted by atomic mass is 10.2. The van der Waals surface area contributed by atoms with Crippen molar-refractivity contribution in [2.45, 2.75) is 6.18 Å². The van der Waals surface area contributed by atoms with Gasteiger partial charge in [-0.05, 0) is 30.3 Å². The first kappa shape index (κ1) is 13.5. The number of pyridine rings is 1. The third kappa shape index (κ3) is 3.08. The van der Waals surface area contributed by atoms with E-state index in [1.807, 2.05) is 0 Å². The van der Waals surface area contributed by atoms with Gasteiger partial charge in [0.2, 0.25) is 0 Å². The second kappa shape index (κ2) is 4.97. The van der Waals surface area contributed by atoms with Crippen LogP contribution in [-0.2, 0) is 6.18 Å². The summed E-state index contributed by atoms with van der Waals surface area (Å²) in [7, 11) is 0. The third-order valence-corrected chi connectivity index (χ3v) is 2.72. The van der Waals surface area contributed by atoms with Crippen LogP contribution in [0.2, 0.25) is 5.02 Å². The first-order valence-corrected chi connectivity index (χ1v) is 5.60. The predicted molar refractivity (Wildman–Crippen MR) is 68.4 cm³/mol. The zero-order valence-corrected chi connectivity index (χ0v) is 10.3. The highest BCUT2D eigenvalue weighted by Crippen LogP contribution is 2.35. The van der Waals surface area contributed by atoms with Gasteiger partial charge in [-0.15, -0.1) is 0 Å². The first-order valence-electron chi connectivity index (χ1n) is 5.22. The molecule has 0 unspecified atom stereocenters. The summed E-state index contributed by atoms with van der Waals surface area (Å²) in [5.41, 5.74) is 5.62. The van der Waals surface area contributed by atoms with Crippen molar-refractivity contribution in [3.63, 3.8) is 0 Å². The zero-order valence-electron chi connectivity index (χ0n) is 9.50. The Hall–Kier alpha value is -1.95. The highest BCUT2D eigenvalue weighted by molar-refractivity contribution is 6.33. The number of benzene rings is 1. The molecule has 0 atom stereocenters. The summed E-state index contributed by atoms with van der Waals surface area (Å²) in [6, 6.07) is 6.35. The molecule has 3 N–H and O–H groups in total. The minimum absolute atomic E-state index is 0.0434. The van der Waals surface area contributed by atoms with Crippen LogP contribution in [0.1, 0.15) is 5.56 Å². The van der Waals surface area contributed by atoms with Crippen LogP contribution in [0.5, 0.6) is 0 Å². The van der Waals surface area contributed by atoms with E-state index in [-0.39, 0.29) is 10.8 Å². The van der Waals surface area contributed by atoms with Crippen LogP contribution in [-0.4, -0.2) is 4.98 Å². The van der Waals surface area contributed by atoms with E-state index in [9.17, 15) is 13.2 Å². The number of nitrogens with two attached hydrogens (primary N) is 1. The monoisotopic (exact) mass is 287 g/mol. The summed E-state index contributed by atoms with van der Waals surface area (Å²) in [6.07, 6.45) is -2.91. The lowest BCUT2D eigenvalue weighted by molar-refractivity contribution is -0.137. The van der Waals surface area contributed by atoms with Gasteiger partial charge in [0.1, 0.15) is 5.82 Å². The standard InChI is InChI=1S/C12H9ClF3N3/c13-8-6-7(12(14,15)16)3-4-9(8)19-10-2-1-5-18-11(10)17/h1-6,19H,(H2,17,18). The van der Waals surface area contributed by atoms with Gasteiger partial charge < -0.3 is 11.1 Å². The molecule has 0 saturated heterocycles. The maximum atomic E-state index is 12.5. The van der Waals surface area contributed by atoms with E-state index in [1.165, 1.54) is 12.3 Å². The summed E-state index contributed by atoms with van der Waals surface area (Å²) in [5.74, 6) is 0.235. The predicted octanol–water partition coefficient (Wildman–Crippen LogP) is 4.08. The molecule has 1 aromatic carbocycles. The molecule has 19 heavy (non-hydrogen) atoms. The molecule has 0 saturated carbocycles. The number of nitrogen functional groups attached to an aromatic ring is 1. The molecule has 0 aliphatic carbocycles. The summed E-state index contributed by atoms with van der Waals surface area (Å²) in [4.78, 5) is 3.85.